The van der Waals surface area contributed by atoms with E-state index in [2.05, 4.69) is 14.6 Å². The lowest BCUT2D eigenvalue weighted by Crippen LogP contribution is -2.62. The number of hydrogen-bond donors (Lipinski definition) is 1. The standard InChI is InChI=1S/C16H28N4O3S/c1-13(2)15-18-14(11-19(15)3)24(21,22)17-12-16(5-4-6-16)20-7-9-23-10-8-20/h11,13,17H,4-10,12H2,1-3H3. The second kappa shape index (κ2) is 6.74. The van der Waals surface area contributed by atoms with Gasteiger partial charge in [0.05, 0.1) is 13.2 Å². The normalized spacial score (nSPS) is 21.8. The van der Waals surface area contributed by atoms with Crippen molar-refractivity contribution in [2.45, 2.75) is 49.6 Å². The van der Waals surface area contributed by atoms with Crippen LogP contribution in [0.2, 0.25) is 0 Å². The molecule has 1 saturated heterocycles. The number of morpholine rings is 1. The van der Waals surface area contributed by atoms with Gasteiger partial charge in [0.1, 0.15) is 5.82 Å². The van der Waals surface area contributed by atoms with Crippen molar-refractivity contribution >= 4 is 10.0 Å². The summed E-state index contributed by atoms with van der Waals surface area (Å²) in [7, 11) is -1.75. The maximum Gasteiger partial charge on any atom is 0.259 e. The first-order chi connectivity index (χ1) is 11.3. The van der Waals surface area contributed by atoms with Crippen LogP contribution in [0.3, 0.4) is 0 Å². The van der Waals surface area contributed by atoms with Crippen molar-refractivity contribution < 1.29 is 13.2 Å². The van der Waals surface area contributed by atoms with Gasteiger partial charge in [-0.05, 0) is 19.3 Å². The Labute approximate surface area is 144 Å². The van der Waals surface area contributed by atoms with Crippen LogP contribution in [0, 0.1) is 0 Å². The van der Waals surface area contributed by atoms with Gasteiger partial charge < -0.3 is 9.30 Å². The molecule has 1 aromatic heterocycles. The molecule has 3 rings (SSSR count). The SMILES string of the molecule is CC(C)c1nc(S(=O)(=O)NCC2(N3CCOCC3)CCC2)cn1C. The Bertz CT molecular complexity index is 673. The Morgan fingerprint density at radius 1 is 1.33 bits per heavy atom. The number of sulfonamides is 1. The predicted octanol–water partition coefficient (Wildman–Crippen LogP) is 1.08. The van der Waals surface area contributed by atoms with E-state index in [4.69, 9.17) is 4.74 Å². The fraction of sp³-hybridized carbons (Fsp3) is 0.812. The zero-order valence-electron chi connectivity index (χ0n) is 14.8. The van der Waals surface area contributed by atoms with Crippen LogP contribution in [0.25, 0.3) is 0 Å². The summed E-state index contributed by atoms with van der Waals surface area (Å²) < 4.78 is 35.3. The minimum Gasteiger partial charge on any atom is -0.379 e. The highest BCUT2D eigenvalue weighted by molar-refractivity contribution is 7.89. The van der Waals surface area contributed by atoms with Crippen molar-refractivity contribution in [3.63, 3.8) is 0 Å². The number of imidazole rings is 1. The van der Waals surface area contributed by atoms with Gasteiger partial charge in [-0.15, -0.1) is 0 Å². The monoisotopic (exact) mass is 356 g/mol. The first-order valence-electron chi connectivity index (χ1n) is 8.70. The molecule has 0 radical (unpaired) electrons. The molecular weight excluding hydrogens is 328 g/mol. The molecule has 1 aromatic rings. The number of aryl methyl sites for hydroxylation is 1. The molecule has 2 aliphatic rings. The fourth-order valence-electron chi connectivity index (χ4n) is 3.65. The highest BCUT2D eigenvalue weighted by atomic mass is 32.2. The highest BCUT2D eigenvalue weighted by Gasteiger charge is 2.43. The van der Waals surface area contributed by atoms with E-state index < -0.39 is 10.0 Å². The van der Waals surface area contributed by atoms with Crippen LogP contribution in [0.4, 0.5) is 0 Å². The van der Waals surface area contributed by atoms with Crippen LogP contribution < -0.4 is 4.72 Å². The Balaban J connectivity index is 1.71. The molecule has 7 nitrogen and oxygen atoms in total. The average molecular weight is 356 g/mol. The van der Waals surface area contributed by atoms with Crippen LogP contribution in [0.15, 0.2) is 11.2 Å². The quantitative estimate of drug-likeness (QED) is 0.825. The van der Waals surface area contributed by atoms with Gasteiger partial charge in [-0.1, -0.05) is 13.8 Å². The first kappa shape index (κ1) is 17.8. The van der Waals surface area contributed by atoms with Gasteiger partial charge in [-0.3, -0.25) is 4.90 Å². The first-order valence-corrected chi connectivity index (χ1v) is 10.2. The van der Waals surface area contributed by atoms with E-state index >= 15 is 0 Å². The van der Waals surface area contributed by atoms with Crippen molar-refractivity contribution in [3.05, 3.63) is 12.0 Å². The summed E-state index contributed by atoms with van der Waals surface area (Å²) in [5.74, 6) is 0.965. The van der Waals surface area contributed by atoms with Gasteiger partial charge in [0, 0.05) is 44.3 Å². The summed E-state index contributed by atoms with van der Waals surface area (Å²) in [5, 5.41) is 0.116. The zero-order chi connectivity index (χ0) is 17.4. The molecule has 1 aliphatic heterocycles. The van der Waals surface area contributed by atoms with Crippen LogP contribution in [0.5, 0.6) is 0 Å². The predicted molar refractivity (Wildman–Crippen MR) is 91.5 cm³/mol. The number of aromatic nitrogens is 2. The molecule has 2 fully saturated rings. The molecule has 0 atom stereocenters. The van der Waals surface area contributed by atoms with Crippen molar-refractivity contribution in [1.29, 1.82) is 0 Å². The van der Waals surface area contributed by atoms with Crippen molar-refractivity contribution in [1.82, 2.24) is 19.2 Å². The smallest absolute Gasteiger partial charge is 0.259 e. The molecule has 0 spiro atoms. The van der Waals surface area contributed by atoms with Gasteiger partial charge in [-0.2, -0.15) is 0 Å². The van der Waals surface area contributed by atoms with E-state index in [1.165, 1.54) is 0 Å². The van der Waals surface area contributed by atoms with Gasteiger partial charge >= 0.3 is 0 Å². The molecule has 2 heterocycles. The molecule has 0 amide bonds. The van der Waals surface area contributed by atoms with Crippen molar-refractivity contribution in [2.75, 3.05) is 32.8 Å². The van der Waals surface area contributed by atoms with Gasteiger partial charge in [-0.25, -0.2) is 18.1 Å². The van der Waals surface area contributed by atoms with E-state index in [9.17, 15) is 8.42 Å². The third kappa shape index (κ3) is 3.37. The molecule has 0 unspecified atom stereocenters. The number of hydrogen-bond acceptors (Lipinski definition) is 5. The Kier molecular flexibility index (Phi) is 5.01. The largest absolute Gasteiger partial charge is 0.379 e. The van der Waals surface area contributed by atoms with E-state index in [0.29, 0.717) is 6.54 Å². The molecule has 8 heteroatoms. The Hall–Kier alpha value is -0.960. The molecule has 1 N–H and O–H groups in total. The van der Waals surface area contributed by atoms with E-state index in [1.807, 2.05) is 20.9 Å². The summed E-state index contributed by atoms with van der Waals surface area (Å²) in [5.41, 5.74) is -0.0491. The molecule has 24 heavy (non-hydrogen) atoms. The second-order valence-electron chi connectivity index (χ2n) is 7.20. The number of nitrogens with one attached hydrogen (secondary N) is 1. The summed E-state index contributed by atoms with van der Waals surface area (Å²) >= 11 is 0. The summed E-state index contributed by atoms with van der Waals surface area (Å²) in [6.45, 7) is 7.68. The van der Waals surface area contributed by atoms with Crippen LogP contribution in [-0.2, 0) is 21.8 Å². The minimum absolute atomic E-state index is 0.0491. The highest BCUT2D eigenvalue weighted by Crippen LogP contribution is 2.37. The maximum absolute atomic E-state index is 12.7. The summed E-state index contributed by atoms with van der Waals surface area (Å²) in [6, 6.07) is 0. The number of ether oxygens (including phenoxy) is 1. The van der Waals surface area contributed by atoms with Gasteiger partial charge in [0.2, 0.25) is 0 Å². The Morgan fingerprint density at radius 3 is 2.50 bits per heavy atom. The minimum atomic E-state index is -3.58. The Morgan fingerprint density at radius 2 is 2.00 bits per heavy atom. The van der Waals surface area contributed by atoms with Crippen LogP contribution in [-0.4, -0.2) is 61.3 Å². The second-order valence-corrected chi connectivity index (χ2v) is 8.92. The van der Waals surface area contributed by atoms with Gasteiger partial charge in [0.25, 0.3) is 10.0 Å². The van der Waals surface area contributed by atoms with Crippen LogP contribution in [0.1, 0.15) is 44.9 Å². The van der Waals surface area contributed by atoms with E-state index in [0.717, 1.165) is 51.4 Å². The molecular formula is C16H28N4O3S. The van der Waals surface area contributed by atoms with E-state index in [-0.39, 0.29) is 16.5 Å². The fourth-order valence-corrected chi connectivity index (χ4v) is 4.77. The summed E-state index contributed by atoms with van der Waals surface area (Å²) in [6.07, 6.45) is 4.82. The number of rotatable bonds is 6. The average Bonchev–Trinajstić information content (AvgIpc) is 2.90. The molecule has 0 bridgehead atoms. The lowest BCUT2D eigenvalue weighted by Gasteiger charge is -2.51. The molecule has 1 aliphatic carbocycles. The van der Waals surface area contributed by atoms with Crippen molar-refractivity contribution in [3.8, 4) is 0 Å². The molecule has 0 aromatic carbocycles. The third-order valence-corrected chi connectivity index (χ3v) is 6.51. The van der Waals surface area contributed by atoms with Crippen molar-refractivity contribution in [2.24, 2.45) is 7.05 Å². The third-order valence-electron chi connectivity index (χ3n) is 5.24. The van der Waals surface area contributed by atoms with Crippen LogP contribution >= 0.6 is 0 Å². The summed E-state index contributed by atoms with van der Waals surface area (Å²) in [4.78, 5) is 6.71. The molecule has 136 valence electrons. The number of nitrogens with zero attached hydrogens (tertiary/aromatic N) is 3. The topological polar surface area (TPSA) is 76.5 Å². The molecule has 1 saturated carbocycles. The lowest BCUT2D eigenvalue weighted by atomic mass is 9.75. The lowest BCUT2D eigenvalue weighted by molar-refractivity contribution is -0.0527. The van der Waals surface area contributed by atoms with Gasteiger partial charge in [0.15, 0.2) is 5.03 Å². The zero-order valence-corrected chi connectivity index (χ0v) is 15.6. The van der Waals surface area contributed by atoms with E-state index in [1.54, 1.807) is 10.8 Å². The maximum atomic E-state index is 12.7.